The lowest BCUT2D eigenvalue weighted by Crippen LogP contribution is -1.97. The number of rotatable bonds is 7. The van der Waals surface area contributed by atoms with Crippen LogP contribution in [0.15, 0.2) is 22.9 Å². The first-order valence-corrected chi connectivity index (χ1v) is 7.67. The molecule has 1 N–H and O–H groups in total. The van der Waals surface area contributed by atoms with E-state index in [0.717, 1.165) is 33.9 Å². The van der Waals surface area contributed by atoms with Crippen molar-refractivity contribution in [3.05, 3.63) is 28.5 Å². The van der Waals surface area contributed by atoms with Gasteiger partial charge in [-0.15, -0.1) is 0 Å². The fourth-order valence-electron chi connectivity index (χ4n) is 2.23. The van der Waals surface area contributed by atoms with E-state index < -0.39 is 0 Å². The molecule has 2 aromatic rings. The van der Waals surface area contributed by atoms with Gasteiger partial charge in [-0.3, -0.25) is 4.79 Å². The van der Waals surface area contributed by atoms with E-state index >= 15 is 0 Å². The van der Waals surface area contributed by atoms with Gasteiger partial charge in [0.1, 0.15) is 5.65 Å². The van der Waals surface area contributed by atoms with Crippen LogP contribution in [0.4, 0.5) is 0 Å². The molecule has 0 aliphatic heterocycles. The number of nitrogens with one attached hydrogen (secondary N) is 1. The highest BCUT2D eigenvalue weighted by molar-refractivity contribution is 9.10. The zero-order valence-electron chi connectivity index (χ0n) is 11.2. The highest BCUT2D eigenvalue weighted by atomic mass is 79.9. The molecule has 0 aromatic carbocycles. The Morgan fingerprint density at radius 2 is 2.11 bits per heavy atom. The van der Waals surface area contributed by atoms with Crippen molar-refractivity contribution in [2.24, 2.45) is 0 Å². The van der Waals surface area contributed by atoms with Gasteiger partial charge in [0.05, 0.1) is 0 Å². The van der Waals surface area contributed by atoms with Crippen LogP contribution in [0.3, 0.4) is 0 Å². The van der Waals surface area contributed by atoms with Gasteiger partial charge in [0.15, 0.2) is 5.78 Å². The van der Waals surface area contributed by atoms with Crippen molar-refractivity contribution in [2.75, 3.05) is 0 Å². The molecule has 0 amide bonds. The first-order chi connectivity index (χ1) is 9.22. The van der Waals surface area contributed by atoms with Crippen LogP contribution < -0.4 is 0 Å². The summed E-state index contributed by atoms with van der Waals surface area (Å²) in [6.45, 7) is 2.20. The van der Waals surface area contributed by atoms with Gasteiger partial charge in [-0.25, -0.2) is 4.98 Å². The Bertz CT molecular complexity index is 562. The summed E-state index contributed by atoms with van der Waals surface area (Å²) in [5, 5.41) is 0.910. The van der Waals surface area contributed by atoms with Crippen LogP contribution in [-0.4, -0.2) is 15.8 Å². The van der Waals surface area contributed by atoms with Crippen molar-refractivity contribution in [1.82, 2.24) is 9.97 Å². The maximum absolute atomic E-state index is 12.2. The lowest BCUT2D eigenvalue weighted by molar-refractivity contribution is 0.0980. The third-order valence-corrected chi connectivity index (χ3v) is 3.74. The number of hydrogen-bond donors (Lipinski definition) is 1. The third kappa shape index (κ3) is 3.66. The number of aromatic nitrogens is 2. The fourth-order valence-corrected chi connectivity index (χ4v) is 2.56. The van der Waals surface area contributed by atoms with Crippen LogP contribution >= 0.6 is 15.9 Å². The number of aromatic amines is 1. The molecule has 0 aliphatic rings. The zero-order chi connectivity index (χ0) is 13.7. The Balaban J connectivity index is 1.99. The van der Waals surface area contributed by atoms with Gasteiger partial charge in [0, 0.05) is 34.2 Å². The predicted octanol–water partition coefficient (Wildman–Crippen LogP) is 4.87. The number of fused-ring (bicyclic) bond motifs is 1. The minimum atomic E-state index is 0.211. The highest BCUT2D eigenvalue weighted by Crippen LogP contribution is 2.22. The summed E-state index contributed by atoms with van der Waals surface area (Å²) < 4.78 is 0.900. The number of carbonyl (C=O) groups excluding carboxylic acids is 1. The van der Waals surface area contributed by atoms with E-state index in [4.69, 9.17) is 0 Å². The maximum atomic E-state index is 12.2. The van der Waals surface area contributed by atoms with Crippen LogP contribution in [0.1, 0.15) is 55.8 Å². The number of halogens is 1. The lowest BCUT2D eigenvalue weighted by atomic mass is 10.0. The summed E-state index contributed by atoms with van der Waals surface area (Å²) in [5.41, 5.74) is 1.54. The quantitative estimate of drug-likeness (QED) is 0.584. The maximum Gasteiger partial charge on any atom is 0.165 e. The number of hydrogen-bond acceptors (Lipinski definition) is 2. The number of nitrogens with zero attached hydrogens (tertiary/aromatic N) is 1. The van der Waals surface area contributed by atoms with E-state index in [-0.39, 0.29) is 5.78 Å². The Kier molecular flexibility index (Phi) is 5.14. The summed E-state index contributed by atoms with van der Waals surface area (Å²) >= 11 is 3.39. The van der Waals surface area contributed by atoms with Gasteiger partial charge in [-0.05, 0) is 28.4 Å². The molecule has 102 valence electrons. The normalized spacial score (nSPS) is 11.1. The largest absolute Gasteiger partial charge is 0.345 e. The van der Waals surface area contributed by atoms with Gasteiger partial charge in [0.25, 0.3) is 0 Å². The van der Waals surface area contributed by atoms with Gasteiger partial charge in [-0.2, -0.15) is 0 Å². The molecule has 0 atom stereocenters. The Labute approximate surface area is 121 Å². The van der Waals surface area contributed by atoms with Crippen LogP contribution in [0, 0.1) is 0 Å². The molecule has 4 heteroatoms. The lowest BCUT2D eigenvalue weighted by Gasteiger charge is -2.00. The molecule has 3 nitrogen and oxygen atoms in total. The molecule has 0 spiro atoms. The van der Waals surface area contributed by atoms with Crippen molar-refractivity contribution >= 4 is 32.7 Å². The van der Waals surface area contributed by atoms with E-state index in [0.29, 0.717) is 6.42 Å². The van der Waals surface area contributed by atoms with Crippen molar-refractivity contribution in [3.8, 4) is 0 Å². The number of pyridine rings is 1. The average Bonchev–Trinajstić information content (AvgIpc) is 2.81. The van der Waals surface area contributed by atoms with E-state index in [1.807, 2.05) is 6.07 Å². The summed E-state index contributed by atoms with van der Waals surface area (Å²) in [6, 6.07) is 1.95. The number of carbonyl (C=O) groups is 1. The van der Waals surface area contributed by atoms with Crippen molar-refractivity contribution in [1.29, 1.82) is 0 Å². The predicted molar refractivity (Wildman–Crippen MR) is 81.5 cm³/mol. The zero-order valence-corrected chi connectivity index (χ0v) is 12.8. The standard InChI is InChI=1S/C15H19BrN2O/c1-2-3-4-5-6-7-14(19)13-10-18-15-12(13)8-11(16)9-17-15/h8-10H,2-7H2,1H3,(H,17,18). The number of unbranched alkanes of at least 4 members (excludes halogenated alkanes) is 4. The second-order valence-corrected chi connectivity index (χ2v) is 5.76. The SMILES string of the molecule is CCCCCCCC(=O)c1c[nH]c2ncc(Br)cc12. The molecule has 0 saturated carbocycles. The Morgan fingerprint density at radius 1 is 1.32 bits per heavy atom. The van der Waals surface area contributed by atoms with Crippen molar-refractivity contribution < 1.29 is 4.79 Å². The minimum Gasteiger partial charge on any atom is -0.345 e. The molecule has 0 radical (unpaired) electrons. The van der Waals surface area contributed by atoms with Crippen LogP contribution in [0.2, 0.25) is 0 Å². The molecule has 0 saturated heterocycles. The number of ketones is 1. The molecule has 0 unspecified atom stereocenters. The van der Waals surface area contributed by atoms with Crippen molar-refractivity contribution in [3.63, 3.8) is 0 Å². The molecule has 2 rings (SSSR count). The monoisotopic (exact) mass is 322 g/mol. The first-order valence-electron chi connectivity index (χ1n) is 6.88. The third-order valence-electron chi connectivity index (χ3n) is 3.31. The van der Waals surface area contributed by atoms with Gasteiger partial charge in [-0.1, -0.05) is 32.6 Å². The molecular weight excluding hydrogens is 304 g/mol. The van der Waals surface area contributed by atoms with E-state index in [9.17, 15) is 4.79 Å². The van der Waals surface area contributed by atoms with Gasteiger partial charge >= 0.3 is 0 Å². The van der Waals surface area contributed by atoms with Gasteiger partial charge < -0.3 is 4.98 Å². The van der Waals surface area contributed by atoms with E-state index in [1.54, 1.807) is 12.4 Å². The van der Waals surface area contributed by atoms with Crippen LogP contribution in [0.25, 0.3) is 11.0 Å². The van der Waals surface area contributed by atoms with E-state index in [1.165, 1.54) is 19.3 Å². The number of Topliss-reactive ketones (excluding diaryl/α,β-unsaturated/α-hetero) is 1. The molecule has 0 bridgehead atoms. The fraction of sp³-hybridized carbons (Fsp3) is 0.467. The highest BCUT2D eigenvalue weighted by Gasteiger charge is 2.12. The number of H-pyrrole nitrogens is 1. The summed E-state index contributed by atoms with van der Waals surface area (Å²) in [7, 11) is 0. The molecule has 0 aliphatic carbocycles. The summed E-state index contributed by atoms with van der Waals surface area (Å²) in [6.07, 6.45) is 9.98. The minimum absolute atomic E-state index is 0.211. The molecular formula is C15H19BrN2O. The van der Waals surface area contributed by atoms with Gasteiger partial charge in [0.2, 0.25) is 0 Å². The second-order valence-electron chi connectivity index (χ2n) is 4.84. The first kappa shape index (κ1) is 14.3. The molecule has 2 aromatic heterocycles. The molecule has 0 fully saturated rings. The van der Waals surface area contributed by atoms with Crippen molar-refractivity contribution in [2.45, 2.75) is 45.4 Å². The van der Waals surface area contributed by atoms with Crippen LogP contribution in [0.5, 0.6) is 0 Å². The molecule has 19 heavy (non-hydrogen) atoms. The summed E-state index contributed by atoms with van der Waals surface area (Å²) in [4.78, 5) is 19.5. The summed E-state index contributed by atoms with van der Waals surface area (Å²) in [5.74, 6) is 0.211. The Morgan fingerprint density at radius 3 is 2.89 bits per heavy atom. The van der Waals surface area contributed by atoms with Crippen LogP contribution in [-0.2, 0) is 0 Å². The molecule has 2 heterocycles. The smallest absolute Gasteiger partial charge is 0.165 e. The topological polar surface area (TPSA) is 45.8 Å². The Hall–Kier alpha value is -1.16. The average molecular weight is 323 g/mol. The second kappa shape index (κ2) is 6.85. The van der Waals surface area contributed by atoms with E-state index in [2.05, 4.69) is 32.8 Å².